The fourth-order valence-corrected chi connectivity index (χ4v) is 1.48. The standard InChI is InChI=1S/C10H12N2O/c13-10(8-3-1-4-8)7-9-5-2-6-11-12-9/h2,5-6,8H,1,3-4,7H2. The van der Waals surface area contributed by atoms with Crippen molar-refractivity contribution in [3.05, 3.63) is 24.0 Å². The molecule has 3 heteroatoms. The normalized spacial score (nSPS) is 16.6. The smallest absolute Gasteiger partial charge is 0.141 e. The van der Waals surface area contributed by atoms with Crippen LogP contribution in [0.5, 0.6) is 0 Å². The van der Waals surface area contributed by atoms with Gasteiger partial charge in [-0.25, -0.2) is 0 Å². The Hall–Kier alpha value is -1.25. The zero-order chi connectivity index (χ0) is 9.10. The van der Waals surface area contributed by atoms with Gasteiger partial charge in [-0.1, -0.05) is 6.42 Å². The van der Waals surface area contributed by atoms with Crippen molar-refractivity contribution in [1.82, 2.24) is 10.2 Å². The minimum Gasteiger partial charge on any atom is -0.299 e. The molecule has 0 saturated heterocycles. The van der Waals surface area contributed by atoms with Crippen molar-refractivity contribution in [2.75, 3.05) is 0 Å². The van der Waals surface area contributed by atoms with Gasteiger partial charge >= 0.3 is 0 Å². The Labute approximate surface area is 77.2 Å². The summed E-state index contributed by atoms with van der Waals surface area (Å²) in [6.07, 6.45) is 5.42. The summed E-state index contributed by atoms with van der Waals surface area (Å²) in [6, 6.07) is 3.67. The second-order valence-electron chi connectivity index (χ2n) is 3.49. The molecule has 13 heavy (non-hydrogen) atoms. The lowest BCUT2D eigenvalue weighted by molar-refractivity contribution is -0.124. The van der Waals surface area contributed by atoms with Gasteiger partial charge in [0.2, 0.25) is 0 Å². The Morgan fingerprint density at radius 2 is 2.38 bits per heavy atom. The van der Waals surface area contributed by atoms with Crippen LogP contribution in [-0.2, 0) is 11.2 Å². The van der Waals surface area contributed by atoms with Crippen LogP contribution in [0, 0.1) is 5.92 Å². The first-order valence-corrected chi connectivity index (χ1v) is 4.65. The third kappa shape index (κ3) is 1.91. The molecule has 0 N–H and O–H groups in total. The van der Waals surface area contributed by atoms with Gasteiger partial charge in [-0.2, -0.15) is 10.2 Å². The molecule has 0 unspecified atom stereocenters. The summed E-state index contributed by atoms with van der Waals surface area (Å²) in [5.41, 5.74) is 0.791. The average molecular weight is 176 g/mol. The largest absolute Gasteiger partial charge is 0.299 e. The van der Waals surface area contributed by atoms with Crippen molar-refractivity contribution in [3.8, 4) is 0 Å². The molecule has 0 amide bonds. The lowest BCUT2D eigenvalue weighted by Crippen LogP contribution is -2.23. The minimum atomic E-state index is 0.307. The van der Waals surface area contributed by atoms with Crippen LogP contribution >= 0.6 is 0 Å². The van der Waals surface area contributed by atoms with E-state index in [0.29, 0.717) is 18.1 Å². The molecule has 1 saturated carbocycles. The highest BCUT2D eigenvalue weighted by Gasteiger charge is 2.25. The molecule has 1 aliphatic carbocycles. The first-order valence-electron chi connectivity index (χ1n) is 4.65. The van der Waals surface area contributed by atoms with E-state index in [9.17, 15) is 4.79 Å². The maximum Gasteiger partial charge on any atom is 0.141 e. The predicted octanol–water partition coefficient (Wildman–Crippen LogP) is 1.39. The highest BCUT2D eigenvalue weighted by Crippen LogP contribution is 2.27. The summed E-state index contributed by atoms with van der Waals surface area (Å²) in [4.78, 5) is 11.5. The van der Waals surface area contributed by atoms with Crippen molar-refractivity contribution in [1.29, 1.82) is 0 Å². The molecule has 68 valence electrons. The monoisotopic (exact) mass is 176 g/mol. The molecule has 0 bridgehead atoms. The Morgan fingerprint density at radius 3 is 2.92 bits per heavy atom. The molecule has 0 aromatic carbocycles. The fraction of sp³-hybridized carbons (Fsp3) is 0.500. The Bertz CT molecular complexity index is 293. The van der Waals surface area contributed by atoms with E-state index in [1.165, 1.54) is 6.42 Å². The quantitative estimate of drug-likeness (QED) is 0.699. The van der Waals surface area contributed by atoms with Gasteiger partial charge in [-0.15, -0.1) is 0 Å². The topological polar surface area (TPSA) is 42.9 Å². The van der Waals surface area contributed by atoms with Gasteiger partial charge in [0.25, 0.3) is 0 Å². The van der Waals surface area contributed by atoms with Gasteiger partial charge in [0.15, 0.2) is 0 Å². The first-order chi connectivity index (χ1) is 6.36. The number of Topliss-reactive ketones (excluding diaryl/α,β-unsaturated/α-hetero) is 1. The van der Waals surface area contributed by atoms with Crippen molar-refractivity contribution < 1.29 is 4.79 Å². The first kappa shape index (κ1) is 8.35. The zero-order valence-electron chi connectivity index (χ0n) is 7.44. The molecule has 1 fully saturated rings. The molecular formula is C10H12N2O. The Kier molecular flexibility index (Phi) is 2.34. The van der Waals surface area contributed by atoms with Crippen LogP contribution in [0.2, 0.25) is 0 Å². The lowest BCUT2D eigenvalue weighted by Gasteiger charge is -2.23. The minimum absolute atomic E-state index is 0.307. The molecule has 1 aliphatic rings. The summed E-state index contributed by atoms with van der Waals surface area (Å²) in [6.45, 7) is 0. The summed E-state index contributed by atoms with van der Waals surface area (Å²) in [5, 5.41) is 7.63. The number of aromatic nitrogens is 2. The van der Waals surface area contributed by atoms with Crippen LogP contribution in [0.3, 0.4) is 0 Å². The predicted molar refractivity (Wildman–Crippen MR) is 48.1 cm³/mol. The maximum absolute atomic E-state index is 11.5. The van der Waals surface area contributed by atoms with Crippen LogP contribution in [-0.4, -0.2) is 16.0 Å². The molecule has 2 rings (SSSR count). The molecule has 1 heterocycles. The second kappa shape index (κ2) is 3.64. The van der Waals surface area contributed by atoms with E-state index in [1.54, 1.807) is 6.20 Å². The summed E-state index contributed by atoms with van der Waals surface area (Å²) in [5.74, 6) is 0.633. The summed E-state index contributed by atoms with van der Waals surface area (Å²) in [7, 11) is 0. The van der Waals surface area contributed by atoms with Crippen molar-refractivity contribution in [3.63, 3.8) is 0 Å². The van der Waals surface area contributed by atoms with Crippen LogP contribution in [0.25, 0.3) is 0 Å². The Morgan fingerprint density at radius 1 is 1.54 bits per heavy atom. The molecule has 0 aliphatic heterocycles. The highest BCUT2D eigenvalue weighted by molar-refractivity contribution is 5.83. The van der Waals surface area contributed by atoms with E-state index in [1.807, 2.05) is 12.1 Å². The number of carbonyl (C=O) groups excluding carboxylic acids is 1. The summed E-state index contributed by atoms with van der Waals surface area (Å²) >= 11 is 0. The number of hydrogen-bond donors (Lipinski definition) is 0. The van der Waals surface area contributed by atoms with E-state index in [4.69, 9.17) is 0 Å². The molecule has 0 spiro atoms. The number of rotatable bonds is 3. The summed E-state index contributed by atoms with van der Waals surface area (Å²) < 4.78 is 0. The van der Waals surface area contributed by atoms with Gasteiger partial charge in [-0.3, -0.25) is 4.79 Å². The Balaban J connectivity index is 1.94. The fourth-order valence-electron chi connectivity index (χ4n) is 1.48. The number of hydrogen-bond acceptors (Lipinski definition) is 3. The van der Waals surface area contributed by atoms with Crippen LogP contribution < -0.4 is 0 Å². The molecule has 0 atom stereocenters. The third-order valence-corrected chi connectivity index (χ3v) is 2.54. The van der Waals surface area contributed by atoms with Crippen molar-refractivity contribution in [2.24, 2.45) is 5.92 Å². The average Bonchev–Trinajstić information content (AvgIpc) is 2.02. The third-order valence-electron chi connectivity index (χ3n) is 2.54. The van der Waals surface area contributed by atoms with E-state index < -0.39 is 0 Å². The SMILES string of the molecule is O=C(Cc1cccnn1)C1CCC1. The van der Waals surface area contributed by atoms with Crippen LogP contribution in [0.4, 0.5) is 0 Å². The van der Waals surface area contributed by atoms with Crippen molar-refractivity contribution >= 4 is 5.78 Å². The van der Waals surface area contributed by atoms with Gasteiger partial charge in [0.1, 0.15) is 5.78 Å². The second-order valence-corrected chi connectivity index (χ2v) is 3.49. The molecule has 3 nitrogen and oxygen atoms in total. The highest BCUT2D eigenvalue weighted by atomic mass is 16.1. The number of nitrogens with zero attached hydrogens (tertiary/aromatic N) is 2. The van der Waals surface area contributed by atoms with E-state index in [0.717, 1.165) is 18.5 Å². The van der Waals surface area contributed by atoms with Gasteiger partial charge in [-0.05, 0) is 25.0 Å². The van der Waals surface area contributed by atoms with E-state index in [2.05, 4.69) is 10.2 Å². The number of carbonyl (C=O) groups is 1. The zero-order valence-corrected chi connectivity index (χ0v) is 7.44. The molecular weight excluding hydrogens is 164 g/mol. The number of ketones is 1. The van der Waals surface area contributed by atoms with Gasteiger partial charge in [0, 0.05) is 12.1 Å². The van der Waals surface area contributed by atoms with Crippen molar-refractivity contribution in [2.45, 2.75) is 25.7 Å². The maximum atomic E-state index is 11.5. The van der Waals surface area contributed by atoms with Gasteiger partial charge in [0.05, 0.1) is 12.1 Å². The van der Waals surface area contributed by atoms with Crippen LogP contribution in [0.15, 0.2) is 18.3 Å². The van der Waals surface area contributed by atoms with Gasteiger partial charge < -0.3 is 0 Å². The lowest BCUT2D eigenvalue weighted by atomic mass is 9.81. The van der Waals surface area contributed by atoms with E-state index in [-0.39, 0.29) is 0 Å². The van der Waals surface area contributed by atoms with Crippen LogP contribution in [0.1, 0.15) is 25.0 Å². The molecule has 0 radical (unpaired) electrons. The van der Waals surface area contributed by atoms with E-state index >= 15 is 0 Å². The molecule has 1 aromatic heterocycles. The molecule has 1 aromatic rings.